The third-order valence-electron chi connectivity index (χ3n) is 4.47. The molecule has 0 aromatic carbocycles. The van der Waals surface area contributed by atoms with Gasteiger partial charge in [0.2, 0.25) is 5.88 Å². The molecule has 130 valence electrons. The van der Waals surface area contributed by atoms with E-state index in [0.717, 1.165) is 10.7 Å². The number of aromatic nitrogens is 2. The molecule has 2 aromatic rings. The molecule has 4 rings (SSSR count). The van der Waals surface area contributed by atoms with Gasteiger partial charge in [0, 0.05) is 4.88 Å². The zero-order valence-electron chi connectivity index (χ0n) is 13.7. The first-order chi connectivity index (χ1) is 11.7. The summed E-state index contributed by atoms with van der Waals surface area (Å²) in [6.45, 7) is -0.278. The van der Waals surface area contributed by atoms with Crippen LogP contribution in [0.25, 0.3) is 10.2 Å². The van der Waals surface area contributed by atoms with Gasteiger partial charge in [-0.3, -0.25) is 4.79 Å². The number of carbonyl (C=O) groups is 1. The number of nitrogens with zero attached hydrogens (tertiary/aromatic N) is 2. The number of hydrogen-bond acceptors (Lipinski definition) is 6. The zero-order valence-corrected chi connectivity index (χ0v) is 14.5. The summed E-state index contributed by atoms with van der Waals surface area (Å²) in [5.41, 5.74) is 6.04. The summed E-state index contributed by atoms with van der Waals surface area (Å²) in [6.07, 6.45) is 12.0. The minimum absolute atomic E-state index is 0.278. The van der Waals surface area contributed by atoms with Crippen LogP contribution in [0, 0.1) is 0 Å². The van der Waals surface area contributed by atoms with Crippen LogP contribution in [0.1, 0.15) is 49.0 Å². The Bertz CT molecular complexity index is 710. The third-order valence-corrected chi connectivity index (χ3v) is 5.67. The number of nitrogens with two attached hydrogens (primary N) is 1. The van der Waals surface area contributed by atoms with Crippen LogP contribution in [0.4, 0.5) is 0 Å². The van der Waals surface area contributed by atoms with Crippen molar-refractivity contribution in [3.05, 3.63) is 16.8 Å². The number of carboxylic acid groups (broad SMARTS) is 1. The van der Waals surface area contributed by atoms with Crippen molar-refractivity contribution < 1.29 is 14.6 Å². The number of aliphatic carboxylic acids is 1. The SMILES string of the molecule is NCC(=O)O.c1nc(OC2CCCCC2)c2c3c(sc2n1)CCC3. The van der Waals surface area contributed by atoms with Crippen LogP contribution in [0.2, 0.25) is 0 Å². The Kier molecular flexibility index (Phi) is 5.63. The van der Waals surface area contributed by atoms with Gasteiger partial charge < -0.3 is 15.6 Å². The highest BCUT2D eigenvalue weighted by molar-refractivity contribution is 7.18. The highest BCUT2D eigenvalue weighted by Crippen LogP contribution is 2.40. The molecular formula is C17H23N3O3S. The van der Waals surface area contributed by atoms with E-state index in [1.165, 1.54) is 67.2 Å². The summed E-state index contributed by atoms with van der Waals surface area (Å²) in [5, 5.41) is 8.81. The summed E-state index contributed by atoms with van der Waals surface area (Å²) in [4.78, 5) is 20.7. The molecule has 0 atom stereocenters. The zero-order chi connectivity index (χ0) is 16.9. The molecule has 1 saturated carbocycles. The summed E-state index contributed by atoms with van der Waals surface area (Å²) in [6, 6.07) is 0. The van der Waals surface area contributed by atoms with E-state index in [1.807, 2.05) is 11.3 Å². The Morgan fingerprint density at radius 3 is 2.71 bits per heavy atom. The molecule has 2 aromatic heterocycles. The molecule has 7 heteroatoms. The number of fused-ring (bicyclic) bond motifs is 3. The maximum absolute atomic E-state index is 9.24. The Labute approximate surface area is 145 Å². The van der Waals surface area contributed by atoms with Crippen molar-refractivity contribution in [2.75, 3.05) is 6.54 Å². The van der Waals surface area contributed by atoms with E-state index in [2.05, 4.69) is 15.7 Å². The number of thiophene rings is 1. The lowest BCUT2D eigenvalue weighted by molar-refractivity contribution is -0.135. The van der Waals surface area contributed by atoms with Crippen LogP contribution >= 0.6 is 11.3 Å². The smallest absolute Gasteiger partial charge is 0.317 e. The van der Waals surface area contributed by atoms with E-state index in [4.69, 9.17) is 9.84 Å². The van der Waals surface area contributed by atoms with Crippen LogP contribution in [0.5, 0.6) is 5.88 Å². The lowest BCUT2D eigenvalue weighted by Crippen LogP contribution is -2.20. The van der Waals surface area contributed by atoms with Gasteiger partial charge in [-0.05, 0) is 50.5 Å². The molecule has 0 radical (unpaired) electrons. The Balaban J connectivity index is 0.000000300. The van der Waals surface area contributed by atoms with Crippen molar-refractivity contribution in [2.45, 2.75) is 57.5 Å². The van der Waals surface area contributed by atoms with Gasteiger partial charge in [-0.25, -0.2) is 9.97 Å². The fraction of sp³-hybridized carbons (Fsp3) is 0.588. The first-order valence-electron chi connectivity index (χ1n) is 8.52. The quantitative estimate of drug-likeness (QED) is 0.884. The summed E-state index contributed by atoms with van der Waals surface area (Å²) in [7, 11) is 0. The number of aryl methyl sites for hydroxylation is 2. The number of hydrogen-bond donors (Lipinski definition) is 2. The first kappa shape index (κ1) is 17.1. The van der Waals surface area contributed by atoms with Gasteiger partial charge in [-0.2, -0.15) is 0 Å². The highest BCUT2D eigenvalue weighted by Gasteiger charge is 2.23. The second-order valence-electron chi connectivity index (χ2n) is 6.19. The van der Waals surface area contributed by atoms with Crippen LogP contribution in [-0.4, -0.2) is 33.7 Å². The maximum Gasteiger partial charge on any atom is 0.317 e. The molecule has 1 fully saturated rings. The molecule has 2 heterocycles. The van der Waals surface area contributed by atoms with Crippen LogP contribution < -0.4 is 10.5 Å². The minimum Gasteiger partial charge on any atom is -0.480 e. The predicted molar refractivity (Wildman–Crippen MR) is 93.6 cm³/mol. The van der Waals surface area contributed by atoms with E-state index in [9.17, 15) is 4.79 Å². The van der Waals surface area contributed by atoms with Gasteiger partial charge in [-0.15, -0.1) is 11.3 Å². The summed E-state index contributed by atoms with van der Waals surface area (Å²) >= 11 is 1.83. The fourth-order valence-corrected chi connectivity index (χ4v) is 4.55. The number of rotatable bonds is 3. The molecule has 2 aliphatic rings. The lowest BCUT2D eigenvalue weighted by Gasteiger charge is -2.22. The Hall–Kier alpha value is -1.73. The molecule has 3 N–H and O–H groups in total. The van der Waals surface area contributed by atoms with Crippen molar-refractivity contribution in [1.82, 2.24) is 9.97 Å². The molecule has 0 unspecified atom stereocenters. The number of ether oxygens (including phenoxy) is 1. The van der Waals surface area contributed by atoms with E-state index in [-0.39, 0.29) is 6.54 Å². The fourth-order valence-electron chi connectivity index (χ4n) is 3.33. The van der Waals surface area contributed by atoms with Crippen molar-refractivity contribution in [3.63, 3.8) is 0 Å². The van der Waals surface area contributed by atoms with Gasteiger partial charge in [0.05, 0.1) is 11.9 Å². The monoisotopic (exact) mass is 349 g/mol. The normalized spacial score (nSPS) is 17.2. The highest BCUT2D eigenvalue weighted by atomic mass is 32.1. The molecule has 24 heavy (non-hydrogen) atoms. The average Bonchev–Trinajstić information content (AvgIpc) is 3.17. The van der Waals surface area contributed by atoms with Crippen LogP contribution in [-0.2, 0) is 17.6 Å². The number of carboxylic acids is 1. The lowest BCUT2D eigenvalue weighted by atomic mass is 9.98. The molecule has 6 nitrogen and oxygen atoms in total. The first-order valence-corrected chi connectivity index (χ1v) is 9.34. The maximum atomic E-state index is 9.24. The van der Waals surface area contributed by atoms with Crippen molar-refractivity contribution in [2.24, 2.45) is 5.73 Å². The van der Waals surface area contributed by atoms with E-state index in [0.29, 0.717) is 6.10 Å². The van der Waals surface area contributed by atoms with E-state index < -0.39 is 5.97 Å². The topological polar surface area (TPSA) is 98.3 Å². The molecule has 2 aliphatic carbocycles. The van der Waals surface area contributed by atoms with Gasteiger partial charge in [0.1, 0.15) is 17.3 Å². The van der Waals surface area contributed by atoms with E-state index >= 15 is 0 Å². The standard InChI is InChI=1S/C15H18N2OS.C2H5NO2/c1-2-5-10(6-3-1)18-14-13-11-7-4-8-12(11)19-15(13)17-9-16-14;3-1-2(4)5/h9-10H,1-8H2;1,3H2,(H,4,5). The minimum atomic E-state index is -0.968. The largest absolute Gasteiger partial charge is 0.480 e. The Morgan fingerprint density at radius 1 is 1.25 bits per heavy atom. The van der Waals surface area contributed by atoms with Gasteiger partial charge in [0.25, 0.3) is 0 Å². The Morgan fingerprint density at radius 2 is 2.00 bits per heavy atom. The second-order valence-corrected chi connectivity index (χ2v) is 7.28. The third kappa shape index (κ3) is 3.84. The average molecular weight is 349 g/mol. The molecule has 0 aliphatic heterocycles. The predicted octanol–water partition coefficient (Wildman–Crippen LogP) is 2.92. The van der Waals surface area contributed by atoms with Crippen LogP contribution in [0.3, 0.4) is 0 Å². The summed E-state index contributed by atoms with van der Waals surface area (Å²) < 4.78 is 6.21. The molecule has 0 saturated heterocycles. The van der Waals surface area contributed by atoms with Gasteiger partial charge in [-0.1, -0.05) is 6.42 Å². The van der Waals surface area contributed by atoms with Gasteiger partial charge >= 0.3 is 5.97 Å². The molecule has 0 amide bonds. The van der Waals surface area contributed by atoms with E-state index in [1.54, 1.807) is 6.33 Å². The van der Waals surface area contributed by atoms with Crippen molar-refractivity contribution in [1.29, 1.82) is 0 Å². The van der Waals surface area contributed by atoms with Crippen molar-refractivity contribution in [3.8, 4) is 5.88 Å². The second kappa shape index (κ2) is 7.90. The summed E-state index contributed by atoms with van der Waals surface area (Å²) in [5.74, 6) is -0.124. The van der Waals surface area contributed by atoms with Gasteiger partial charge in [0.15, 0.2) is 0 Å². The molecule has 0 spiro atoms. The van der Waals surface area contributed by atoms with Crippen molar-refractivity contribution >= 4 is 27.5 Å². The molecular weight excluding hydrogens is 326 g/mol. The van der Waals surface area contributed by atoms with Crippen LogP contribution in [0.15, 0.2) is 6.33 Å². The molecule has 0 bridgehead atoms.